The zero-order valence-corrected chi connectivity index (χ0v) is 21.6. The Labute approximate surface area is 222 Å². The zero-order valence-electron chi connectivity index (χ0n) is 21.6. The first-order chi connectivity index (χ1) is 18.3. The summed E-state index contributed by atoms with van der Waals surface area (Å²) < 4.78 is 5.61. The van der Waals surface area contributed by atoms with Gasteiger partial charge in [-0.2, -0.15) is 0 Å². The number of hydrazine groups is 1. The molecule has 0 spiro atoms. The zero-order chi connectivity index (χ0) is 26.4. The number of carbonyl (C=O) groups is 3. The van der Waals surface area contributed by atoms with Crippen molar-refractivity contribution in [2.24, 2.45) is 11.8 Å². The van der Waals surface area contributed by atoms with Crippen LogP contribution in [0.1, 0.15) is 32.3 Å². The van der Waals surface area contributed by atoms with Gasteiger partial charge in [0.1, 0.15) is 5.75 Å². The summed E-state index contributed by atoms with van der Waals surface area (Å²) >= 11 is 0. The highest BCUT2D eigenvalue weighted by atomic mass is 16.6. The van der Waals surface area contributed by atoms with Gasteiger partial charge in [0.2, 0.25) is 11.8 Å². The molecule has 3 heterocycles. The standard InChI is InChI=1S/C31H31N3O4/c1-31(2)18-28(35)34(33(31)20-23-11-8-10-22-9-6-7-14-25(22)23)29(36)26-17-21-15-16-27(26)32(19-21)30(37)38-24-12-4-3-5-13-24/h3-16,21,26-27H,17-20H2,1-2H3. The van der Waals surface area contributed by atoms with Crippen molar-refractivity contribution in [3.63, 3.8) is 0 Å². The van der Waals surface area contributed by atoms with Crippen LogP contribution in [-0.4, -0.2) is 51.0 Å². The van der Waals surface area contributed by atoms with Gasteiger partial charge in [0.15, 0.2) is 0 Å². The quantitative estimate of drug-likeness (QED) is 0.359. The van der Waals surface area contributed by atoms with Crippen molar-refractivity contribution >= 4 is 28.7 Å². The van der Waals surface area contributed by atoms with Crippen LogP contribution in [0.25, 0.3) is 10.8 Å². The summed E-state index contributed by atoms with van der Waals surface area (Å²) in [6.45, 7) is 4.93. The Kier molecular flexibility index (Phi) is 6.03. The van der Waals surface area contributed by atoms with Crippen LogP contribution in [0.3, 0.4) is 0 Å². The van der Waals surface area contributed by atoms with Gasteiger partial charge in [-0.15, -0.1) is 0 Å². The smallest absolute Gasteiger partial charge is 0.410 e. The summed E-state index contributed by atoms with van der Waals surface area (Å²) in [5.74, 6) is -0.477. The van der Waals surface area contributed by atoms with E-state index < -0.39 is 23.6 Å². The van der Waals surface area contributed by atoms with E-state index in [2.05, 4.69) is 30.3 Å². The van der Waals surface area contributed by atoms with Gasteiger partial charge >= 0.3 is 6.09 Å². The molecule has 0 saturated carbocycles. The van der Waals surface area contributed by atoms with Crippen LogP contribution in [0.5, 0.6) is 5.75 Å². The lowest BCUT2D eigenvalue weighted by Gasteiger charge is -2.46. The third-order valence-electron chi connectivity index (χ3n) is 8.01. The molecule has 3 atom stereocenters. The Hall–Kier alpha value is -3.97. The van der Waals surface area contributed by atoms with E-state index in [0.717, 1.165) is 16.3 Å². The van der Waals surface area contributed by atoms with E-state index in [1.165, 1.54) is 5.01 Å². The van der Waals surface area contributed by atoms with Crippen LogP contribution in [-0.2, 0) is 16.1 Å². The van der Waals surface area contributed by atoms with Gasteiger partial charge < -0.3 is 9.64 Å². The van der Waals surface area contributed by atoms with Crippen LogP contribution in [0.4, 0.5) is 4.79 Å². The summed E-state index contributed by atoms with van der Waals surface area (Å²) in [6, 6.07) is 22.8. The SMILES string of the molecule is CC1(C)CC(=O)N(C(=O)C2CC3C=CC2N(C(=O)Oc2ccccc2)C3)N1Cc1cccc2ccccc12. The van der Waals surface area contributed by atoms with Crippen molar-refractivity contribution in [3.8, 4) is 5.75 Å². The van der Waals surface area contributed by atoms with Crippen LogP contribution >= 0.6 is 0 Å². The van der Waals surface area contributed by atoms with Gasteiger partial charge in [0, 0.05) is 25.0 Å². The molecule has 3 unspecified atom stereocenters. The number of fused-ring (bicyclic) bond motifs is 3. The fourth-order valence-electron chi connectivity index (χ4n) is 6.09. The molecule has 1 aliphatic carbocycles. The van der Waals surface area contributed by atoms with Crippen molar-refractivity contribution in [2.45, 2.75) is 44.8 Å². The van der Waals surface area contributed by atoms with E-state index in [4.69, 9.17) is 4.74 Å². The minimum atomic E-state index is -0.529. The number of imide groups is 1. The second-order valence-electron chi connectivity index (χ2n) is 11.0. The first-order valence-electron chi connectivity index (χ1n) is 13.1. The first kappa shape index (κ1) is 24.4. The van der Waals surface area contributed by atoms with E-state index in [0.29, 0.717) is 25.3 Å². The lowest BCUT2D eigenvalue weighted by atomic mass is 9.77. The number of para-hydroxylation sites is 1. The molecule has 4 aliphatic rings. The number of hydrogen-bond acceptors (Lipinski definition) is 5. The largest absolute Gasteiger partial charge is 0.415 e. The molecule has 2 saturated heterocycles. The van der Waals surface area contributed by atoms with Crippen molar-refractivity contribution < 1.29 is 19.1 Å². The topological polar surface area (TPSA) is 70.2 Å². The fourth-order valence-corrected chi connectivity index (χ4v) is 6.09. The lowest BCUT2D eigenvalue weighted by molar-refractivity contribution is -0.167. The lowest BCUT2D eigenvalue weighted by Crippen LogP contribution is -2.60. The average Bonchev–Trinajstić information content (AvgIpc) is 3.16. The molecule has 3 aliphatic heterocycles. The maximum absolute atomic E-state index is 14.1. The molecular formula is C31H31N3O4. The second-order valence-corrected chi connectivity index (χ2v) is 11.0. The molecule has 194 valence electrons. The average molecular weight is 510 g/mol. The first-order valence-corrected chi connectivity index (χ1v) is 13.1. The summed E-state index contributed by atoms with van der Waals surface area (Å²) in [5, 5.41) is 5.50. The van der Waals surface area contributed by atoms with E-state index >= 15 is 0 Å². The summed E-state index contributed by atoms with van der Waals surface area (Å²) in [4.78, 5) is 42.2. The number of nitrogens with zero attached hydrogens (tertiary/aromatic N) is 3. The van der Waals surface area contributed by atoms with E-state index in [1.807, 2.05) is 61.3 Å². The van der Waals surface area contributed by atoms with Gasteiger partial charge in [-0.05, 0) is 54.7 Å². The van der Waals surface area contributed by atoms with Crippen molar-refractivity contribution in [3.05, 3.63) is 90.5 Å². The van der Waals surface area contributed by atoms with Gasteiger partial charge in [-0.3, -0.25) is 9.59 Å². The molecule has 7 heteroatoms. The molecule has 3 aromatic rings. The van der Waals surface area contributed by atoms with Crippen LogP contribution < -0.4 is 4.74 Å². The Morgan fingerprint density at radius 2 is 1.68 bits per heavy atom. The molecular weight excluding hydrogens is 478 g/mol. The minimum absolute atomic E-state index is 0.0366. The minimum Gasteiger partial charge on any atom is -0.410 e. The Bertz CT molecular complexity index is 1430. The molecule has 38 heavy (non-hydrogen) atoms. The van der Waals surface area contributed by atoms with E-state index in [1.54, 1.807) is 17.0 Å². The van der Waals surface area contributed by atoms with Crippen LogP contribution in [0.15, 0.2) is 84.9 Å². The Morgan fingerprint density at radius 3 is 2.47 bits per heavy atom. The predicted molar refractivity (Wildman–Crippen MR) is 144 cm³/mol. The van der Waals surface area contributed by atoms with Gasteiger partial charge in [-0.1, -0.05) is 72.8 Å². The normalized spacial score (nSPS) is 24.3. The monoisotopic (exact) mass is 509 g/mol. The maximum Gasteiger partial charge on any atom is 0.415 e. The number of ether oxygens (including phenoxy) is 1. The van der Waals surface area contributed by atoms with Crippen molar-refractivity contribution in [1.82, 2.24) is 14.9 Å². The third-order valence-corrected chi connectivity index (χ3v) is 8.01. The second kappa shape index (κ2) is 9.40. The summed E-state index contributed by atoms with van der Waals surface area (Å²) in [7, 11) is 0. The van der Waals surface area contributed by atoms with E-state index in [-0.39, 0.29) is 24.2 Å². The maximum atomic E-state index is 14.1. The molecule has 3 aromatic carbocycles. The number of carbonyl (C=O) groups excluding carboxylic acids is 3. The number of benzene rings is 3. The Balaban J connectivity index is 1.27. The summed E-state index contributed by atoms with van der Waals surface area (Å²) in [5.41, 5.74) is 0.529. The highest BCUT2D eigenvalue weighted by Gasteiger charge is 2.52. The molecule has 2 bridgehead atoms. The predicted octanol–water partition coefficient (Wildman–Crippen LogP) is 5.17. The van der Waals surface area contributed by atoms with Gasteiger partial charge in [0.05, 0.1) is 12.0 Å². The molecule has 3 amide bonds. The fraction of sp³-hybridized carbons (Fsp3) is 0.323. The third kappa shape index (κ3) is 4.27. The molecule has 0 aromatic heterocycles. The number of amides is 3. The van der Waals surface area contributed by atoms with Crippen molar-refractivity contribution in [2.75, 3.05) is 6.54 Å². The van der Waals surface area contributed by atoms with Crippen LogP contribution in [0, 0.1) is 11.8 Å². The molecule has 0 radical (unpaired) electrons. The Morgan fingerprint density at radius 1 is 0.947 bits per heavy atom. The molecule has 2 fully saturated rings. The number of piperidine rings is 1. The number of hydrogen-bond donors (Lipinski definition) is 0. The number of rotatable bonds is 4. The molecule has 7 rings (SSSR count). The summed E-state index contributed by atoms with van der Waals surface area (Å²) in [6.07, 6.45) is 4.37. The van der Waals surface area contributed by atoms with Crippen LogP contribution in [0.2, 0.25) is 0 Å². The van der Waals surface area contributed by atoms with Gasteiger partial charge in [0.25, 0.3) is 0 Å². The van der Waals surface area contributed by atoms with Crippen molar-refractivity contribution in [1.29, 1.82) is 0 Å². The molecule has 0 N–H and O–H groups in total. The van der Waals surface area contributed by atoms with E-state index in [9.17, 15) is 14.4 Å². The highest BCUT2D eigenvalue weighted by molar-refractivity contribution is 5.98. The van der Waals surface area contributed by atoms with Gasteiger partial charge in [-0.25, -0.2) is 14.8 Å². The molecule has 7 nitrogen and oxygen atoms in total. The highest BCUT2D eigenvalue weighted by Crippen LogP contribution is 2.40.